The van der Waals surface area contributed by atoms with Crippen LogP contribution in [0, 0.1) is 5.92 Å². The van der Waals surface area contributed by atoms with E-state index in [0.29, 0.717) is 0 Å². The van der Waals surface area contributed by atoms with Crippen LogP contribution in [0.5, 0.6) is 0 Å². The molecule has 1 saturated carbocycles. The molecule has 0 amide bonds. The lowest BCUT2D eigenvalue weighted by atomic mass is 9.95. The van der Waals surface area contributed by atoms with Crippen LogP contribution in [0.2, 0.25) is 0 Å². The van der Waals surface area contributed by atoms with E-state index in [1.165, 1.54) is 32.4 Å². The zero-order chi connectivity index (χ0) is 8.55. The molecule has 2 fully saturated rings. The molecule has 2 heteroatoms. The Hall–Kier alpha value is -0.0800. The Kier molecular flexibility index (Phi) is 2.37. The normalized spacial score (nSPS) is 44.0. The van der Waals surface area contributed by atoms with E-state index in [9.17, 15) is 0 Å². The smallest absolute Gasteiger partial charge is 0.0111 e. The van der Waals surface area contributed by atoms with Gasteiger partial charge in [-0.05, 0) is 32.7 Å². The summed E-state index contributed by atoms with van der Waals surface area (Å²) in [5.74, 6) is 0.914. The highest BCUT2D eigenvalue weighted by molar-refractivity contribution is 4.91. The van der Waals surface area contributed by atoms with Crippen molar-refractivity contribution in [2.75, 3.05) is 20.1 Å². The Labute approximate surface area is 75.3 Å². The van der Waals surface area contributed by atoms with Crippen molar-refractivity contribution in [2.24, 2.45) is 5.92 Å². The first-order chi connectivity index (χ1) is 5.79. The molecule has 1 aliphatic heterocycles. The van der Waals surface area contributed by atoms with Crippen LogP contribution in [0.15, 0.2) is 0 Å². The van der Waals surface area contributed by atoms with Gasteiger partial charge in [0.1, 0.15) is 0 Å². The second kappa shape index (κ2) is 3.35. The topological polar surface area (TPSA) is 15.3 Å². The van der Waals surface area contributed by atoms with Gasteiger partial charge in [0.25, 0.3) is 0 Å². The molecule has 0 aromatic carbocycles. The number of likely N-dealkylation sites (N-methyl/N-ethyl adjacent to an activating group) is 1. The minimum absolute atomic E-state index is 0.785. The molecule has 1 unspecified atom stereocenters. The van der Waals surface area contributed by atoms with Gasteiger partial charge >= 0.3 is 0 Å². The number of nitrogens with zero attached hydrogens (tertiary/aromatic N) is 1. The lowest BCUT2D eigenvalue weighted by Gasteiger charge is -2.28. The van der Waals surface area contributed by atoms with Crippen molar-refractivity contribution in [3.63, 3.8) is 0 Å². The first-order valence-electron chi connectivity index (χ1n) is 5.22. The van der Waals surface area contributed by atoms with Crippen LogP contribution in [0.1, 0.15) is 26.2 Å². The highest BCUT2D eigenvalue weighted by Gasteiger charge is 2.34. The molecule has 3 atom stereocenters. The van der Waals surface area contributed by atoms with E-state index >= 15 is 0 Å². The van der Waals surface area contributed by atoms with Gasteiger partial charge in [-0.3, -0.25) is 0 Å². The second-order valence-corrected chi connectivity index (χ2v) is 4.38. The van der Waals surface area contributed by atoms with Gasteiger partial charge in [-0.25, -0.2) is 0 Å². The summed E-state index contributed by atoms with van der Waals surface area (Å²) in [5.41, 5.74) is 0. The second-order valence-electron chi connectivity index (χ2n) is 4.38. The summed E-state index contributed by atoms with van der Waals surface area (Å²) in [6.45, 7) is 4.78. The fraction of sp³-hybridized carbons (Fsp3) is 1.00. The molecule has 0 bridgehead atoms. The molecule has 0 radical (unpaired) electrons. The first kappa shape index (κ1) is 8.52. The van der Waals surface area contributed by atoms with Crippen molar-refractivity contribution in [3.8, 4) is 0 Å². The van der Waals surface area contributed by atoms with Crippen molar-refractivity contribution in [2.45, 2.75) is 38.3 Å². The van der Waals surface area contributed by atoms with Crippen molar-refractivity contribution >= 4 is 0 Å². The van der Waals surface area contributed by atoms with Crippen LogP contribution in [-0.2, 0) is 0 Å². The van der Waals surface area contributed by atoms with Crippen LogP contribution >= 0.6 is 0 Å². The summed E-state index contributed by atoms with van der Waals surface area (Å²) in [6, 6.07) is 1.61. The van der Waals surface area contributed by atoms with E-state index in [2.05, 4.69) is 24.2 Å². The number of hydrogen-bond donors (Lipinski definition) is 1. The third-order valence-electron chi connectivity index (χ3n) is 3.76. The van der Waals surface area contributed by atoms with Gasteiger partial charge in [0.2, 0.25) is 0 Å². The molecule has 1 aliphatic carbocycles. The largest absolute Gasteiger partial charge is 0.312 e. The fourth-order valence-corrected chi connectivity index (χ4v) is 2.78. The zero-order valence-corrected chi connectivity index (χ0v) is 8.21. The van der Waals surface area contributed by atoms with Gasteiger partial charge in [-0.1, -0.05) is 6.42 Å². The number of hydrogen-bond acceptors (Lipinski definition) is 2. The maximum atomic E-state index is 3.66. The summed E-state index contributed by atoms with van der Waals surface area (Å²) in [4.78, 5) is 2.50. The van der Waals surface area contributed by atoms with Gasteiger partial charge in [-0.2, -0.15) is 0 Å². The van der Waals surface area contributed by atoms with Crippen LogP contribution in [-0.4, -0.2) is 37.1 Å². The molecule has 2 nitrogen and oxygen atoms in total. The summed E-state index contributed by atoms with van der Waals surface area (Å²) in [6.07, 6.45) is 4.27. The molecule has 0 aromatic heterocycles. The van der Waals surface area contributed by atoms with Crippen LogP contribution in [0.3, 0.4) is 0 Å². The summed E-state index contributed by atoms with van der Waals surface area (Å²) < 4.78 is 0. The Morgan fingerprint density at radius 2 is 2.17 bits per heavy atom. The van der Waals surface area contributed by atoms with Gasteiger partial charge in [0.05, 0.1) is 0 Å². The first-order valence-corrected chi connectivity index (χ1v) is 5.22. The van der Waals surface area contributed by atoms with E-state index in [0.717, 1.165) is 18.0 Å². The van der Waals surface area contributed by atoms with E-state index in [1.807, 2.05) is 0 Å². The van der Waals surface area contributed by atoms with E-state index in [1.54, 1.807) is 0 Å². The average molecular weight is 168 g/mol. The lowest BCUT2D eigenvalue weighted by molar-refractivity contribution is 0.207. The van der Waals surface area contributed by atoms with Crippen molar-refractivity contribution in [1.29, 1.82) is 0 Å². The van der Waals surface area contributed by atoms with Crippen molar-refractivity contribution in [1.82, 2.24) is 10.2 Å². The molecule has 1 N–H and O–H groups in total. The third kappa shape index (κ3) is 1.38. The van der Waals surface area contributed by atoms with E-state index < -0.39 is 0 Å². The van der Waals surface area contributed by atoms with Gasteiger partial charge in [0, 0.05) is 25.2 Å². The number of fused-ring (bicyclic) bond motifs is 1. The number of nitrogens with one attached hydrogen (secondary N) is 1. The molecule has 0 spiro atoms. The van der Waals surface area contributed by atoms with E-state index in [-0.39, 0.29) is 0 Å². The van der Waals surface area contributed by atoms with Gasteiger partial charge in [0.15, 0.2) is 0 Å². The standard InChI is InChI=1S/C10H20N2/c1-8-9-4-3-5-10(9)11-6-7-12(8)2/h8-11H,3-7H2,1-2H3/t8-,9-,10?/m1/s1. The van der Waals surface area contributed by atoms with E-state index in [4.69, 9.17) is 0 Å². The quantitative estimate of drug-likeness (QED) is 0.582. The Morgan fingerprint density at radius 3 is 3.00 bits per heavy atom. The molecular formula is C10H20N2. The molecular weight excluding hydrogens is 148 g/mol. The fourth-order valence-electron chi connectivity index (χ4n) is 2.78. The molecule has 70 valence electrons. The molecule has 0 aromatic rings. The van der Waals surface area contributed by atoms with Crippen molar-refractivity contribution in [3.05, 3.63) is 0 Å². The molecule has 1 saturated heterocycles. The van der Waals surface area contributed by atoms with Gasteiger partial charge < -0.3 is 10.2 Å². The highest BCUT2D eigenvalue weighted by Crippen LogP contribution is 2.31. The summed E-state index contributed by atoms with van der Waals surface area (Å²) in [5, 5.41) is 3.66. The molecule has 12 heavy (non-hydrogen) atoms. The average Bonchev–Trinajstić information content (AvgIpc) is 2.46. The minimum atomic E-state index is 0.785. The van der Waals surface area contributed by atoms with Crippen LogP contribution in [0.25, 0.3) is 0 Å². The molecule has 2 aliphatic rings. The highest BCUT2D eigenvalue weighted by atomic mass is 15.2. The molecule has 1 heterocycles. The molecule has 2 rings (SSSR count). The van der Waals surface area contributed by atoms with Gasteiger partial charge in [-0.15, -0.1) is 0 Å². The monoisotopic (exact) mass is 168 g/mol. The van der Waals surface area contributed by atoms with Crippen molar-refractivity contribution < 1.29 is 0 Å². The van der Waals surface area contributed by atoms with Crippen LogP contribution in [0.4, 0.5) is 0 Å². The summed E-state index contributed by atoms with van der Waals surface area (Å²) in [7, 11) is 2.26. The Bertz CT molecular complexity index is 158. The Balaban J connectivity index is 2.08. The predicted molar refractivity (Wildman–Crippen MR) is 51.2 cm³/mol. The van der Waals surface area contributed by atoms with Crippen LogP contribution < -0.4 is 5.32 Å². The third-order valence-corrected chi connectivity index (χ3v) is 3.76. The maximum Gasteiger partial charge on any atom is 0.0111 e. The maximum absolute atomic E-state index is 3.66. The zero-order valence-electron chi connectivity index (χ0n) is 8.21. The summed E-state index contributed by atoms with van der Waals surface area (Å²) >= 11 is 0. The SMILES string of the molecule is C[C@@H]1[C@H]2CCCC2NCCN1C. The lowest BCUT2D eigenvalue weighted by Crippen LogP contribution is -2.37. The minimum Gasteiger partial charge on any atom is -0.312 e. The number of rotatable bonds is 0. The Morgan fingerprint density at radius 1 is 1.33 bits per heavy atom. The predicted octanol–water partition coefficient (Wildman–Crippen LogP) is 1.08.